The van der Waals surface area contributed by atoms with E-state index in [4.69, 9.17) is 70.2 Å². The summed E-state index contributed by atoms with van der Waals surface area (Å²) in [6.45, 7) is 8.07. The number of aromatic carboxylic acids is 1. The van der Waals surface area contributed by atoms with Gasteiger partial charge in [-0.3, -0.25) is 4.90 Å². The van der Waals surface area contributed by atoms with E-state index >= 15 is 0 Å². The third-order valence-electron chi connectivity index (χ3n) is 14.5. The predicted molar refractivity (Wildman–Crippen MR) is 288 cm³/mol. The first-order valence-electron chi connectivity index (χ1n) is 24.6. The number of piperazine rings is 1. The van der Waals surface area contributed by atoms with Gasteiger partial charge in [0.05, 0.1) is 58.3 Å². The molecule has 20 heteroatoms. The number of rotatable bonds is 15. The minimum absolute atomic E-state index is 0.0234. The molecule has 2 aliphatic heterocycles. The van der Waals surface area contributed by atoms with E-state index in [0.29, 0.717) is 73.8 Å². The highest BCUT2D eigenvalue weighted by Gasteiger charge is 2.45. The lowest BCUT2D eigenvalue weighted by atomic mass is 9.98. The fourth-order valence-electron chi connectivity index (χ4n) is 10.3. The fraction of sp³-hybridized carbons (Fsp3) is 0.358. The number of esters is 1. The lowest BCUT2D eigenvalue weighted by molar-refractivity contribution is 0.0526. The van der Waals surface area contributed by atoms with Crippen LogP contribution >= 0.6 is 69.1 Å². The Bertz CT molecular complexity index is 3390. The van der Waals surface area contributed by atoms with E-state index in [0.717, 1.165) is 130 Å². The van der Waals surface area contributed by atoms with Crippen molar-refractivity contribution in [3.63, 3.8) is 0 Å². The minimum atomic E-state index is -0.946. The van der Waals surface area contributed by atoms with Crippen LogP contribution in [0.5, 0.6) is 0 Å². The topological polar surface area (TPSA) is 163 Å². The molecule has 2 saturated heterocycles. The molecule has 2 N–H and O–H groups in total. The highest BCUT2D eigenvalue weighted by molar-refractivity contribution is 7.22. The largest absolute Gasteiger partial charge is 0.478 e. The maximum absolute atomic E-state index is 12.4. The van der Waals surface area contributed by atoms with Gasteiger partial charge in [-0.15, -0.1) is 0 Å². The van der Waals surface area contributed by atoms with Crippen LogP contribution in [-0.4, -0.2) is 94.1 Å². The summed E-state index contributed by atoms with van der Waals surface area (Å²) in [6.07, 6.45) is 4.73. The van der Waals surface area contributed by atoms with Gasteiger partial charge in [-0.1, -0.05) is 85.5 Å². The molecular formula is C53H48Cl4N8O6S2. The van der Waals surface area contributed by atoms with E-state index in [-0.39, 0.29) is 29.4 Å². The summed E-state index contributed by atoms with van der Waals surface area (Å²) in [4.78, 5) is 40.6. The molecule has 14 nitrogen and oxygen atoms in total. The number of thiazole rings is 2. The third kappa shape index (κ3) is 9.70. The number of halogens is 4. The average Bonchev–Trinajstić information content (AvgIpc) is 4.18. The Morgan fingerprint density at radius 3 is 1.93 bits per heavy atom. The summed E-state index contributed by atoms with van der Waals surface area (Å²) in [5.74, 6) is 0.852. The number of aromatic nitrogens is 4. The Labute approximate surface area is 448 Å². The van der Waals surface area contributed by atoms with Gasteiger partial charge in [-0.25, -0.2) is 19.6 Å². The van der Waals surface area contributed by atoms with Crippen LogP contribution in [0.15, 0.2) is 75.8 Å². The highest BCUT2D eigenvalue weighted by Crippen LogP contribution is 2.58. The first-order chi connectivity index (χ1) is 35.5. The van der Waals surface area contributed by atoms with Gasteiger partial charge in [0, 0.05) is 92.5 Å². The molecule has 8 aromatic rings. The first kappa shape index (κ1) is 48.6. The quantitative estimate of drug-likeness (QED) is 0.0932. The Balaban J connectivity index is 0.741. The monoisotopic (exact) mass is 1100 g/mol. The molecule has 0 spiro atoms. The van der Waals surface area contributed by atoms with E-state index < -0.39 is 5.97 Å². The standard InChI is InChI=1S/C53H48Cl4N8O6S2/c1-2-69-51(68)29-9-11-41-43(23-29)73-52(59-41)64-14-12-31(13-15-64)58-25-34-46(44-36(54)4-3-5-37(44)55)61-71-49(34)33-24-32(33)30-20-38(56)45(39(57)21-30)47-35(48(70-62-47)27-6-7-27)26-63-16-18-65(19-17-63)53-60-40-10-8-28(50(66)67)22-42(40)72-53/h3-5,8-11,20-23,27,31-33,58H,2,6-7,12-19,24-26H2,1H3,(H,66,67). The summed E-state index contributed by atoms with van der Waals surface area (Å²) in [5.41, 5.74) is 8.04. The smallest absolute Gasteiger partial charge is 0.338 e. The van der Waals surface area contributed by atoms with Crippen LogP contribution in [0.2, 0.25) is 20.1 Å². The molecule has 2 unspecified atom stereocenters. The highest BCUT2D eigenvalue weighted by atomic mass is 35.5. The molecule has 4 aromatic heterocycles. The number of hydrogen-bond donors (Lipinski definition) is 2. The molecule has 2 atom stereocenters. The summed E-state index contributed by atoms with van der Waals surface area (Å²) in [7, 11) is 0. The van der Waals surface area contributed by atoms with Gasteiger partial charge in [0.25, 0.3) is 0 Å². The normalized spacial score (nSPS) is 18.6. The lowest BCUT2D eigenvalue weighted by Crippen LogP contribution is -2.46. The molecule has 4 fully saturated rings. The molecule has 73 heavy (non-hydrogen) atoms. The number of carboxylic acid groups (broad SMARTS) is 1. The van der Waals surface area contributed by atoms with Gasteiger partial charge in [0.15, 0.2) is 10.3 Å². The van der Waals surface area contributed by atoms with Crippen molar-refractivity contribution < 1.29 is 28.5 Å². The van der Waals surface area contributed by atoms with Crippen LogP contribution in [0.1, 0.15) is 106 Å². The Morgan fingerprint density at radius 2 is 1.30 bits per heavy atom. The van der Waals surface area contributed by atoms with Crippen molar-refractivity contribution in [1.29, 1.82) is 0 Å². The second-order valence-corrected chi connectivity index (χ2v) is 22.9. The molecule has 12 rings (SSSR count). The van der Waals surface area contributed by atoms with Crippen LogP contribution in [-0.2, 0) is 17.8 Å². The van der Waals surface area contributed by atoms with Crippen molar-refractivity contribution >= 4 is 112 Å². The Morgan fingerprint density at radius 1 is 0.712 bits per heavy atom. The molecule has 2 aliphatic carbocycles. The van der Waals surface area contributed by atoms with Crippen molar-refractivity contribution in [2.24, 2.45) is 0 Å². The maximum atomic E-state index is 12.4. The maximum Gasteiger partial charge on any atom is 0.338 e. The van der Waals surface area contributed by atoms with Crippen molar-refractivity contribution in [1.82, 2.24) is 30.5 Å². The SMILES string of the molecule is CCOC(=O)c1ccc2nc(N3CCC(NCc4c(-c5c(Cl)cccc5Cl)noc4C4CC4c4cc(Cl)c(-c5noc(C6CC6)c5CN5CCN(c6nc7ccc(C(=O)O)cc7s6)CC5)c(Cl)c4)CC3)sc2c1. The number of carbonyl (C=O) groups is 2. The number of nitrogens with one attached hydrogen (secondary N) is 1. The fourth-order valence-corrected chi connectivity index (χ4v) is 13.7. The number of nitrogens with zero attached hydrogens (tertiary/aromatic N) is 7. The zero-order valence-corrected chi connectivity index (χ0v) is 44.2. The number of fused-ring (bicyclic) bond motifs is 2. The molecule has 4 aliphatic rings. The van der Waals surface area contributed by atoms with Gasteiger partial charge in [-0.2, -0.15) is 0 Å². The zero-order chi connectivity index (χ0) is 50.1. The number of carbonyl (C=O) groups excluding carboxylic acids is 1. The molecule has 2 saturated carbocycles. The molecule has 0 bridgehead atoms. The second kappa shape index (κ2) is 20.1. The summed E-state index contributed by atoms with van der Waals surface area (Å²) in [6, 6.07) is 20.3. The van der Waals surface area contributed by atoms with Gasteiger partial charge in [0.1, 0.15) is 22.9 Å². The molecule has 0 amide bonds. The van der Waals surface area contributed by atoms with E-state index in [9.17, 15) is 14.7 Å². The van der Waals surface area contributed by atoms with Crippen LogP contribution in [0.3, 0.4) is 0 Å². The number of ether oxygens (including phenoxy) is 1. The minimum Gasteiger partial charge on any atom is -0.478 e. The lowest BCUT2D eigenvalue weighted by Gasteiger charge is -2.34. The summed E-state index contributed by atoms with van der Waals surface area (Å²) < 4.78 is 19.4. The number of piperidine rings is 1. The van der Waals surface area contributed by atoms with Crippen LogP contribution < -0.4 is 15.1 Å². The molecule has 376 valence electrons. The predicted octanol–water partition coefficient (Wildman–Crippen LogP) is 12.9. The van der Waals surface area contributed by atoms with Crippen molar-refractivity contribution in [2.45, 2.75) is 75.9 Å². The van der Waals surface area contributed by atoms with E-state index in [1.807, 2.05) is 42.5 Å². The molecule has 0 radical (unpaired) electrons. The van der Waals surface area contributed by atoms with Gasteiger partial charge < -0.3 is 34.0 Å². The average molecular weight is 1100 g/mol. The van der Waals surface area contributed by atoms with Crippen LogP contribution in [0.25, 0.3) is 42.9 Å². The van der Waals surface area contributed by atoms with Crippen LogP contribution in [0.4, 0.5) is 10.3 Å². The van der Waals surface area contributed by atoms with Crippen LogP contribution in [0, 0.1) is 0 Å². The summed E-state index contributed by atoms with van der Waals surface area (Å²) in [5, 5.41) is 26.5. The zero-order valence-electron chi connectivity index (χ0n) is 39.5. The number of carboxylic acids is 1. The molecule has 4 aromatic carbocycles. The second-order valence-electron chi connectivity index (χ2n) is 19.2. The Hall–Kier alpha value is -5.30. The van der Waals surface area contributed by atoms with Gasteiger partial charge in [-0.05, 0) is 111 Å². The molecular weight excluding hydrogens is 1050 g/mol. The van der Waals surface area contributed by atoms with Crippen molar-refractivity contribution in [3.8, 4) is 22.5 Å². The van der Waals surface area contributed by atoms with Gasteiger partial charge >= 0.3 is 11.9 Å². The molecule has 6 heterocycles. The van der Waals surface area contributed by atoms with E-state index in [1.165, 1.54) is 11.3 Å². The van der Waals surface area contributed by atoms with Crippen molar-refractivity contribution in [2.75, 3.05) is 55.7 Å². The van der Waals surface area contributed by atoms with E-state index in [2.05, 4.69) is 30.3 Å². The van der Waals surface area contributed by atoms with Gasteiger partial charge in [0.2, 0.25) is 0 Å². The number of benzene rings is 4. The number of hydrogen-bond acceptors (Lipinski definition) is 15. The first-order valence-corrected chi connectivity index (χ1v) is 27.7. The van der Waals surface area contributed by atoms with E-state index in [1.54, 1.807) is 42.5 Å². The third-order valence-corrected chi connectivity index (χ3v) is 17.9. The van der Waals surface area contributed by atoms with Crippen molar-refractivity contribution in [3.05, 3.63) is 126 Å². The Kier molecular flexibility index (Phi) is 13.4. The summed E-state index contributed by atoms with van der Waals surface area (Å²) >= 11 is 31.3. The number of anilines is 2.